The molecule has 1 aromatic carbocycles. The molecular weight excluding hydrogens is 194 g/mol. The molecule has 2 aromatic rings. The van der Waals surface area contributed by atoms with E-state index in [1.54, 1.807) is 0 Å². The lowest BCUT2D eigenvalue weighted by atomic mass is 9.86. The van der Waals surface area contributed by atoms with Crippen molar-refractivity contribution >= 4 is 10.9 Å². The minimum Gasteiger partial charge on any atom is -0.350 e. The highest BCUT2D eigenvalue weighted by Gasteiger charge is 2.18. The zero-order chi connectivity index (χ0) is 11.7. The fourth-order valence-corrected chi connectivity index (χ4v) is 2.72. The van der Waals surface area contributed by atoms with Crippen LogP contribution >= 0.6 is 0 Å². The van der Waals surface area contributed by atoms with Crippen LogP contribution in [0, 0.1) is 5.92 Å². The lowest BCUT2D eigenvalue weighted by Crippen LogP contribution is -2.04. The summed E-state index contributed by atoms with van der Waals surface area (Å²) in [5.74, 6) is 1.38. The second kappa shape index (κ2) is 4.32. The monoisotopic (exact) mass is 215 g/mol. The lowest BCUT2D eigenvalue weighted by Gasteiger charge is -2.18. The van der Waals surface area contributed by atoms with Gasteiger partial charge in [0.15, 0.2) is 0 Å². The third kappa shape index (κ3) is 1.75. The summed E-state index contributed by atoms with van der Waals surface area (Å²) in [6, 6.07) is 8.70. The van der Waals surface area contributed by atoms with Crippen molar-refractivity contribution in [3.8, 4) is 0 Å². The fraction of sp³-hybridized carbons (Fsp3) is 0.467. The minimum atomic E-state index is 0.672. The maximum absolute atomic E-state index is 2.32. The van der Waals surface area contributed by atoms with E-state index in [4.69, 9.17) is 0 Å². The van der Waals surface area contributed by atoms with Crippen molar-refractivity contribution in [2.75, 3.05) is 0 Å². The molecule has 0 N–H and O–H groups in total. The fourth-order valence-electron chi connectivity index (χ4n) is 2.72. The summed E-state index contributed by atoms with van der Waals surface area (Å²) >= 11 is 0. The van der Waals surface area contributed by atoms with Crippen LogP contribution in [0.4, 0.5) is 0 Å². The van der Waals surface area contributed by atoms with Gasteiger partial charge in [-0.3, -0.25) is 0 Å². The van der Waals surface area contributed by atoms with Crippen molar-refractivity contribution in [2.45, 2.75) is 33.1 Å². The Morgan fingerprint density at radius 2 is 1.88 bits per heavy atom. The molecule has 0 saturated heterocycles. The second-order valence-electron chi connectivity index (χ2n) is 4.97. The third-order valence-corrected chi connectivity index (χ3v) is 3.57. The number of aromatic nitrogens is 1. The van der Waals surface area contributed by atoms with Gasteiger partial charge in [0.25, 0.3) is 0 Å². The van der Waals surface area contributed by atoms with Crippen LogP contribution in [-0.4, -0.2) is 4.57 Å². The summed E-state index contributed by atoms with van der Waals surface area (Å²) < 4.78 is 2.25. The molecule has 2 rings (SSSR count). The van der Waals surface area contributed by atoms with Crippen molar-refractivity contribution in [3.05, 3.63) is 36.0 Å². The Labute approximate surface area is 98.1 Å². The molecule has 0 fully saturated rings. The van der Waals surface area contributed by atoms with Crippen molar-refractivity contribution in [2.24, 2.45) is 13.0 Å². The van der Waals surface area contributed by atoms with Gasteiger partial charge >= 0.3 is 0 Å². The Balaban J connectivity index is 2.60. The highest BCUT2D eigenvalue weighted by molar-refractivity contribution is 5.84. The molecule has 1 heterocycles. The van der Waals surface area contributed by atoms with Gasteiger partial charge in [0.05, 0.1) is 0 Å². The normalized spacial score (nSPS) is 13.6. The maximum atomic E-state index is 2.32. The van der Waals surface area contributed by atoms with Gasteiger partial charge < -0.3 is 4.57 Å². The summed E-state index contributed by atoms with van der Waals surface area (Å²) in [7, 11) is 2.14. The maximum Gasteiger partial charge on any atom is 0.0480 e. The number of benzene rings is 1. The van der Waals surface area contributed by atoms with Crippen LogP contribution in [0.5, 0.6) is 0 Å². The van der Waals surface area contributed by atoms with Gasteiger partial charge in [0.2, 0.25) is 0 Å². The van der Waals surface area contributed by atoms with Gasteiger partial charge in [0.1, 0.15) is 0 Å². The molecule has 0 spiro atoms. The topological polar surface area (TPSA) is 4.93 Å². The molecule has 0 radical (unpaired) electrons. The first-order chi connectivity index (χ1) is 7.65. The lowest BCUT2D eigenvalue weighted by molar-refractivity contribution is 0.487. The number of hydrogen-bond donors (Lipinski definition) is 0. The first kappa shape index (κ1) is 11.3. The molecule has 1 unspecified atom stereocenters. The van der Waals surface area contributed by atoms with Crippen LogP contribution < -0.4 is 0 Å². The smallest absolute Gasteiger partial charge is 0.0480 e. The number of aryl methyl sites for hydroxylation is 1. The first-order valence-electron chi connectivity index (χ1n) is 6.19. The van der Waals surface area contributed by atoms with Gasteiger partial charge in [-0.1, -0.05) is 39.0 Å². The summed E-state index contributed by atoms with van der Waals surface area (Å²) in [5.41, 5.74) is 2.85. The van der Waals surface area contributed by atoms with E-state index in [0.29, 0.717) is 11.8 Å². The second-order valence-corrected chi connectivity index (χ2v) is 4.97. The number of para-hydroxylation sites is 1. The largest absolute Gasteiger partial charge is 0.350 e. The zero-order valence-corrected chi connectivity index (χ0v) is 10.7. The molecule has 1 atom stereocenters. The molecule has 0 amide bonds. The van der Waals surface area contributed by atoms with Gasteiger partial charge in [-0.05, 0) is 29.9 Å². The van der Waals surface area contributed by atoms with E-state index in [1.807, 2.05) is 0 Å². The zero-order valence-electron chi connectivity index (χ0n) is 10.7. The predicted octanol–water partition coefficient (Wildman–Crippen LogP) is 4.33. The van der Waals surface area contributed by atoms with Crippen LogP contribution in [0.25, 0.3) is 10.9 Å². The van der Waals surface area contributed by atoms with E-state index in [9.17, 15) is 0 Å². The number of nitrogens with zero attached hydrogens (tertiary/aromatic N) is 1. The van der Waals surface area contributed by atoms with E-state index in [2.05, 4.69) is 62.8 Å². The molecule has 0 aliphatic carbocycles. The van der Waals surface area contributed by atoms with Crippen LogP contribution in [0.3, 0.4) is 0 Å². The SMILES string of the molecule is CCC(c1cn(C)c2ccccc12)C(C)C. The van der Waals surface area contributed by atoms with Crippen LogP contribution in [0.15, 0.2) is 30.5 Å². The van der Waals surface area contributed by atoms with Gasteiger partial charge in [-0.15, -0.1) is 0 Å². The summed E-state index contributed by atoms with van der Waals surface area (Å²) in [6.07, 6.45) is 3.52. The Kier molecular flexibility index (Phi) is 3.04. The van der Waals surface area contributed by atoms with Crippen molar-refractivity contribution < 1.29 is 0 Å². The molecule has 0 saturated carbocycles. The third-order valence-electron chi connectivity index (χ3n) is 3.57. The highest BCUT2D eigenvalue weighted by Crippen LogP contribution is 2.33. The number of fused-ring (bicyclic) bond motifs is 1. The molecule has 1 nitrogen and oxygen atoms in total. The summed E-state index contributed by atoms with van der Waals surface area (Å²) in [5, 5.41) is 1.42. The quantitative estimate of drug-likeness (QED) is 0.718. The Morgan fingerprint density at radius 3 is 2.50 bits per heavy atom. The number of rotatable bonds is 3. The summed E-state index contributed by atoms with van der Waals surface area (Å²) in [4.78, 5) is 0. The molecule has 1 heteroatoms. The van der Waals surface area contributed by atoms with Crippen molar-refractivity contribution in [3.63, 3.8) is 0 Å². The average molecular weight is 215 g/mol. The van der Waals surface area contributed by atoms with E-state index in [0.717, 1.165) is 0 Å². The van der Waals surface area contributed by atoms with E-state index in [1.165, 1.54) is 22.9 Å². The molecule has 16 heavy (non-hydrogen) atoms. The molecule has 0 aliphatic rings. The Hall–Kier alpha value is -1.24. The Morgan fingerprint density at radius 1 is 1.19 bits per heavy atom. The van der Waals surface area contributed by atoms with E-state index < -0.39 is 0 Å². The molecule has 1 aromatic heterocycles. The van der Waals surface area contributed by atoms with E-state index in [-0.39, 0.29) is 0 Å². The summed E-state index contributed by atoms with van der Waals surface area (Å²) in [6.45, 7) is 6.92. The van der Waals surface area contributed by atoms with Gasteiger partial charge in [-0.25, -0.2) is 0 Å². The average Bonchev–Trinajstić information content (AvgIpc) is 2.58. The molecule has 0 aliphatic heterocycles. The molecule has 0 bridgehead atoms. The van der Waals surface area contributed by atoms with Crippen LogP contribution in [0.2, 0.25) is 0 Å². The predicted molar refractivity (Wildman–Crippen MR) is 70.8 cm³/mol. The minimum absolute atomic E-state index is 0.672. The van der Waals surface area contributed by atoms with Crippen LogP contribution in [-0.2, 0) is 7.05 Å². The first-order valence-corrected chi connectivity index (χ1v) is 6.19. The van der Waals surface area contributed by atoms with Gasteiger partial charge in [0, 0.05) is 24.1 Å². The molecular formula is C15H21N. The molecule has 86 valence electrons. The van der Waals surface area contributed by atoms with Gasteiger partial charge in [-0.2, -0.15) is 0 Å². The highest BCUT2D eigenvalue weighted by atomic mass is 14.9. The van der Waals surface area contributed by atoms with E-state index >= 15 is 0 Å². The van der Waals surface area contributed by atoms with Crippen molar-refractivity contribution in [1.29, 1.82) is 0 Å². The van der Waals surface area contributed by atoms with Crippen LogP contribution in [0.1, 0.15) is 38.7 Å². The standard InChI is InChI=1S/C15H21N/c1-5-12(11(2)3)14-10-16(4)15-9-7-6-8-13(14)15/h6-12H,5H2,1-4H3. The Bertz CT molecular complexity index is 479. The van der Waals surface area contributed by atoms with Crippen molar-refractivity contribution in [1.82, 2.24) is 4.57 Å². The number of hydrogen-bond acceptors (Lipinski definition) is 0.